The van der Waals surface area contributed by atoms with E-state index in [-0.39, 0.29) is 5.41 Å². The Bertz CT molecular complexity index is 584. The summed E-state index contributed by atoms with van der Waals surface area (Å²) in [6.07, 6.45) is 0. The minimum absolute atomic E-state index is 0.0679. The predicted octanol–water partition coefficient (Wildman–Crippen LogP) is 3.80. The van der Waals surface area contributed by atoms with Crippen molar-refractivity contribution in [3.63, 3.8) is 0 Å². The summed E-state index contributed by atoms with van der Waals surface area (Å²) in [6, 6.07) is 1.94. The van der Waals surface area contributed by atoms with E-state index in [0.29, 0.717) is 0 Å². The van der Waals surface area contributed by atoms with Crippen LogP contribution in [0.25, 0.3) is 0 Å². The molecule has 0 saturated heterocycles. The Morgan fingerprint density at radius 2 is 1.85 bits per heavy atom. The SMILES string of the molecule is CNc1cc(NCc2cscc2C)nc(C(C)(C)C)n1. The van der Waals surface area contributed by atoms with Crippen LogP contribution < -0.4 is 10.6 Å². The van der Waals surface area contributed by atoms with E-state index in [1.54, 1.807) is 11.3 Å². The summed E-state index contributed by atoms with van der Waals surface area (Å²) in [7, 11) is 1.88. The van der Waals surface area contributed by atoms with Crippen LogP contribution in [0.4, 0.5) is 11.6 Å². The topological polar surface area (TPSA) is 49.8 Å². The molecule has 0 atom stereocenters. The Labute approximate surface area is 124 Å². The quantitative estimate of drug-likeness (QED) is 0.899. The van der Waals surface area contributed by atoms with Gasteiger partial charge in [-0.3, -0.25) is 0 Å². The fourth-order valence-corrected chi connectivity index (χ4v) is 2.61. The van der Waals surface area contributed by atoms with Gasteiger partial charge >= 0.3 is 0 Å². The Morgan fingerprint density at radius 1 is 1.15 bits per heavy atom. The summed E-state index contributed by atoms with van der Waals surface area (Å²) < 4.78 is 0. The van der Waals surface area contributed by atoms with Gasteiger partial charge in [-0.1, -0.05) is 20.8 Å². The number of aromatic nitrogens is 2. The largest absolute Gasteiger partial charge is 0.373 e. The van der Waals surface area contributed by atoms with Gasteiger partial charge in [0.25, 0.3) is 0 Å². The number of aryl methyl sites for hydroxylation is 1. The second-order valence-electron chi connectivity index (χ2n) is 5.90. The van der Waals surface area contributed by atoms with Gasteiger partial charge in [0.2, 0.25) is 0 Å². The molecular weight excluding hydrogens is 268 g/mol. The highest BCUT2D eigenvalue weighted by atomic mass is 32.1. The maximum atomic E-state index is 4.62. The summed E-state index contributed by atoms with van der Waals surface area (Å²) in [5.74, 6) is 2.54. The average Bonchev–Trinajstić information content (AvgIpc) is 2.80. The molecule has 2 N–H and O–H groups in total. The molecule has 0 amide bonds. The van der Waals surface area contributed by atoms with Crippen molar-refractivity contribution in [2.45, 2.75) is 39.7 Å². The number of thiophene rings is 1. The first kappa shape index (κ1) is 14.8. The molecule has 2 aromatic heterocycles. The zero-order chi connectivity index (χ0) is 14.8. The third-order valence-electron chi connectivity index (χ3n) is 3.07. The van der Waals surface area contributed by atoms with Crippen molar-refractivity contribution in [3.05, 3.63) is 33.8 Å². The Hall–Kier alpha value is -1.62. The van der Waals surface area contributed by atoms with E-state index in [2.05, 4.69) is 59.1 Å². The molecule has 0 saturated carbocycles. The third-order valence-corrected chi connectivity index (χ3v) is 3.98. The molecule has 5 heteroatoms. The van der Waals surface area contributed by atoms with Crippen molar-refractivity contribution in [3.8, 4) is 0 Å². The van der Waals surface area contributed by atoms with Crippen molar-refractivity contribution < 1.29 is 0 Å². The van der Waals surface area contributed by atoms with Crippen LogP contribution in [0, 0.1) is 6.92 Å². The minimum Gasteiger partial charge on any atom is -0.373 e. The number of rotatable bonds is 4. The van der Waals surface area contributed by atoms with Crippen LogP contribution in [-0.2, 0) is 12.0 Å². The normalized spacial score (nSPS) is 11.4. The summed E-state index contributed by atoms with van der Waals surface area (Å²) in [4.78, 5) is 9.15. The predicted molar refractivity (Wildman–Crippen MR) is 86.7 cm³/mol. The number of hydrogen-bond donors (Lipinski definition) is 2. The Kier molecular flexibility index (Phi) is 4.28. The molecule has 2 rings (SSSR count). The van der Waals surface area contributed by atoms with E-state index in [9.17, 15) is 0 Å². The molecule has 0 fully saturated rings. The van der Waals surface area contributed by atoms with Gasteiger partial charge in [-0.2, -0.15) is 11.3 Å². The molecule has 0 bridgehead atoms. The third kappa shape index (κ3) is 3.48. The van der Waals surface area contributed by atoms with Gasteiger partial charge in [0.1, 0.15) is 17.5 Å². The monoisotopic (exact) mass is 290 g/mol. The number of hydrogen-bond acceptors (Lipinski definition) is 5. The number of nitrogens with zero attached hydrogens (tertiary/aromatic N) is 2. The lowest BCUT2D eigenvalue weighted by molar-refractivity contribution is 0.546. The molecule has 0 unspecified atom stereocenters. The van der Waals surface area contributed by atoms with Crippen LogP contribution in [0.2, 0.25) is 0 Å². The first-order valence-electron chi connectivity index (χ1n) is 6.73. The van der Waals surface area contributed by atoms with Crippen molar-refractivity contribution in [2.75, 3.05) is 17.7 Å². The van der Waals surface area contributed by atoms with Crippen LogP contribution >= 0.6 is 11.3 Å². The summed E-state index contributed by atoms with van der Waals surface area (Å²) in [5, 5.41) is 10.8. The molecule has 2 aromatic rings. The summed E-state index contributed by atoms with van der Waals surface area (Å²) in [6.45, 7) is 9.28. The molecule has 4 nitrogen and oxygen atoms in total. The van der Waals surface area contributed by atoms with Gasteiger partial charge in [0.15, 0.2) is 0 Å². The maximum absolute atomic E-state index is 4.62. The second-order valence-corrected chi connectivity index (χ2v) is 6.64. The lowest BCUT2D eigenvalue weighted by Crippen LogP contribution is -2.18. The summed E-state index contributed by atoms with van der Waals surface area (Å²) >= 11 is 1.73. The van der Waals surface area contributed by atoms with Crippen LogP contribution in [0.15, 0.2) is 16.8 Å². The molecule has 0 aliphatic rings. The molecule has 0 aliphatic heterocycles. The Morgan fingerprint density at radius 3 is 2.40 bits per heavy atom. The summed E-state index contributed by atoms with van der Waals surface area (Å²) in [5.41, 5.74) is 2.57. The van der Waals surface area contributed by atoms with Crippen LogP contribution in [0.1, 0.15) is 37.7 Å². The second kappa shape index (κ2) is 5.79. The highest BCUT2D eigenvalue weighted by molar-refractivity contribution is 7.08. The van der Waals surface area contributed by atoms with E-state index in [1.165, 1.54) is 11.1 Å². The molecule has 0 aliphatic carbocycles. The van der Waals surface area contributed by atoms with Crippen molar-refractivity contribution >= 4 is 23.0 Å². The van der Waals surface area contributed by atoms with Gasteiger partial charge in [-0.25, -0.2) is 9.97 Å². The molecule has 0 aromatic carbocycles. The van der Waals surface area contributed by atoms with E-state index < -0.39 is 0 Å². The maximum Gasteiger partial charge on any atom is 0.138 e. The van der Waals surface area contributed by atoms with E-state index in [4.69, 9.17) is 0 Å². The van der Waals surface area contributed by atoms with Crippen LogP contribution in [0.3, 0.4) is 0 Å². The van der Waals surface area contributed by atoms with E-state index >= 15 is 0 Å². The van der Waals surface area contributed by atoms with Gasteiger partial charge < -0.3 is 10.6 Å². The van der Waals surface area contributed by atoms with Crippen molar-refractivity contribution in [1.29, 1.82) is 0 Å². The first-order chi connectivity index (χ1) is 9.40. The lowest BCUT2D eigenvalue weighted by atomic mass is 9.96. The average molecular weight is 290 g/mol. The van der Waals surface area contributed by atoms with Gasteiger partial charge in [-0.15, -0.1) is 0 Å². The standard InChI is InChI=1S/C15H22N4S/c1-10-8-20-9-11(10)7-17-13-6-12(16-5)18-14(19-13)15(2,3)4/h6,8-9H,7H2,1-5H3,(H2,16,17,18,19). The molecule has 0 radical (unpaired) electrons. The van der Waals surface area contributed by atoms with E-state index in [0.717, 1.165) is 24.0 Å². The Balaban J connectivity index is 2.21. The molecule has 2 heterocycles. The first-order valence-corrected chi connectivity index (χ1v) is 7.67. The van der Waals surface area contributed by atoms with Crippen molar-refractivity contribution in [2.24, 2.45) is 0 Å². The highest BCUT2D eigenvalue weighted by Crippen LogP contribution is 2.23. The molecule has 0 spiro atoms. The van der Waals surface area contributed by atoms with Crippen molar-refractivity contribution in [1.82, 2.24) is 9.97 Å². The zero-order valence-corrected chi connectivity index (χ0v) is 13.6. The molecule has 20 heavy (non-hydrogen) atoms. The number of anilines is 2. The highest BCUT2D eigenvalue weighted by Gasteiger charge is 2.19. The zero-order valence-electron chi connectivity index (χ0n) is 12.7. The molecule has 108 valence electrons. The fraction of sp³-hybridized carbons (Fsp3) is 0.467. The fourth-order valence-electron chi connectivity index (χ4n) is 1.75. The molecular formula is C15H22N4S. The van der Waals surface area contributed by atoms with Gasteiger partial charge in [-0.05, 0) is 28.8 Å². The van der Waals surface area contributed by atoms with Crippen LogP contribution in [0.5, 0.6) is 0 Å². The van der Waals surface area contributed by atoms with E-state index in [1.807, 2.05) is 13.1 Å². The van der Waals surface area contributed by atoms with Crippen LogP contribution in [-0.4, -0.2) is 17.0 Å². The smallest absolute Gasteiger partial charge is 0.138 e. The lowest BCUT2D eigenvalue weighted by Gasteiger charge is -2.18. The number of nitrogens with one attached hydrogen (secondary N) is 2. The van der Waals surface area contributed by atoms with Gasteiger partial charge in [0.05, 0.1) is 0 Å². The minimum atomic E-state index is -0.0679. The van der Waals surface area contributed by atoms with Gasteiger partial charge in [0, 0.05) is 25.1 Å².